The van der Waals surface area contributed by atoms with Crippen molar-refractivity contribution < 1.29 is 22.7 Å². The van der Waals surface area contributed by atoms with Gasteiger partial charge in [0, 0.05) is 12.1 Å². The molecule has 0 bridgehead atoms. The fraction of sp³-hybridized carbons (Fsp3) is 0.278. The molecule has 0 spiro atoms. The lowest BCUT2D eigenvalue weighted by atomic mass is 10.1. The lowest BCUT2D eigenvalue weighted by Gasteiger charge is -2.25. The van der Waals surface area contributed by atoms with E-state index in [4.69, 9.17) is 0 Å². The third kappa shape index (κ3) is 5.49. The first kappa shape index (κ1) is 18.8. The topological polar surface area (TPSA) is 41.6 Å². The number of ether oxygens (including phenoxy) is 1. The summed E-state index contributed by atoms with van der Waals surface area (Å²) in [4.78, 5) is 14.1. The van der Waals surface area contributed by atoms with Crippen molar-refractivity contribution in [3.8, 4) is 5.75 Å². The summed E-state index contributed by atoms with van der Waals surface area (Å²) in [6.07, 6.45) is 0. The average Bonchev–Trinajstić information content (AvgIpc) is 2.54. The standard InChI is InChI=1S/C18H19F3N2O2/c1-23(2)16(12-5-3-7-14(19)9-12)11-22-17(24)13-6-4-8-15(10-13)25-18(20)21/h3-10,16,18H,11H2,1-2H3,(H,22,24). The van der Waals surface area contributed by atoms with Gasteiger partial charge in [0.1, 0.15) is 11.6 Å². The fourth-order valence-corrected chi connectivity index (χ4v) is 2.42. The maximum atomic E-state index is 13.4. The van der Waals surface area contributed by atoms with Gasteiger partial charge in [-0.25, -0.2) is 4.39 Å². The zero-order chi connectivity index (χ0) is 18.4. The van der Waals surface area contributed by atoms with E-state index in [0.717, 1.165) is 5.56 Å². The van der Waals surface area contributed by atoms with Crippen LogP contribution in [0.15, 0.2) is 48.5 Å². The summed E-state index contributed by atoms with van der Waals surface area (Å²) in [5.74, 6) is -0.868. The molecule has 1 atom stereocenters. The Labute approximate surface area is 144 Å². The summed E-state index contributed by atoms with van der Waals surface area (Å²) >= 11 is 0. The Morgan fingerprint density at radius 1 is 1.16 bits per heavy atom. The number of amides is 1. The van der Waals surface area contributed by atoms with Gasteiger partial charge in [0.2, 0.25) is 0 Å². The second-order valence-corrected chi connectivity index (χ2v) is 5.65. The van der Waals surface area contributed by atoms with Gasteiger partial charge in [0.25, 0.3) is 5.91 Å². The molecular formula is C18H19F3N2O2. The Morgan fingerprint density at radius 3 is 2.52 bits per heavy atom. The maximum absolute atomic E-state index is 13.4. The molecule has 1 N–H and O–H groups in total. The number of halogens is 3. The van der Waals surface area contributed by atoms with Crippen molar-refractivity contribution in [3.05, 3.63) is 65.5 Å². The molecular weight excluding hydrogens is 333 g/mol. The number of carbonyl (C=O) groups is 1. The highest BCUT2D eigenvalue weighted by molar-refractivity contribution is 5.94. The van der Waals surface area contributed by atoms with Gasteiger partial charge in [-0.15, -0.1) is 0 Å². The maximum Gasteiger partial charge on any atom is 0.387 e. The van der Waals surface area contributed by atoms with Crippen LogP contribution in [0.1, 0.15) is 22.0 Å². The van der Waals surface area contributed by atoms with E-state index in [0.29, 0.717) is 0 Å². The molecule has 0 saturated heterocycles. The second-order valence-electron chi connectivity index (χ2n) is 5.65. The molecule has 2 aromatic carbocycles. The van der Waals surface area contributed by atoms with Gasteiger partial charge in [-0.3, -0.25) is 4.79 Å². The van der Waals surface area contributed by atoms with Crippen LogP contribution in [-0.4, -0.2) is 38.1 Å². The number of nitrogens with one attached hydrogen (secondary N) is 1. The van der Waals surface area contributed by atoms with E-state index in [-0.39, 0.29) is 29.7 Å². The molecule has 0 radical (unpaired) electrons. The number of benzene rings is 2. The van der Waals surface area contributed by atoms with Crippen molar-refractivity contribution >= 4 is 5.91 Å². The van der Waals surface area contributed by atoms with Gasteiger partial charge in [-0.2, -0.15) is 8.78 Å². The predicted octanol–water partition coefficient (Wildman–Crippen LogP) is 3.46. The van der Waals surface area contributed by atoms with Crippen molar-refractivity contribution in [2.45, 2.75) is 12.7 Å². The first-order valence-electron chi connectivity index (χ1n) is 7.62. The van der Waals surface area contributed by atoms with Crippen LogP contribution in [0.25, 0.3) is 0 Å². The second kappa shape index (κ2) is 8.53. The quantitative estimate of drug-likeness (QED) is 0.830. The minimum Gasteiger partial charge on any atom is -0.435 e. The summed E-state index contributed by atoms with van der Waals surface area (Å²) < 4.78 is 42.2. The number of hydrogen-bond acceptors (Lipinski definition) is 3. The first-order chi connectivity index (χ1) is 11.9. The van der Waals surface area contributed by atoms with Gasteiger partial charge in [-0.05, 0) is 50.0 Å². The van der Waals surface area contributed by atoms with Crippen LogP contribution < -0.4 is 10.1 Å². The number of nitrogens with zero attached hydrogens (tertiary/aromatic N) is 1. The molecule has 2 rings (SSSR count). The van der Waals surface area contributed by atoms with Crippen LogP contribution in [0, 0.1) is 5.82 Å². The van der Waals surface area contributed by atoms with Crippen molar-refractivity contribution in [1.82, 2.24) is 10.2 Å². The third-order valence-electron chi connectivity index (χ3n) is 3.63. The van der Waals surface area contributed by atoms with E-state index in [9.17, 15) is 18.0 Å². The first-order valence-corrected chi connectivity index (χ1v) is 7.62. The Morgan fingerprint density at radius 2 is 1.88 bits per heavy atom. The Bertz CT molecular complexity index is 723. The van der Waals surface area contributed by atoms with Crippen molar-refractivity contribution in [1.29, 1.82) is 0 Å². The van der Waals surface area contributed by atoms with E-state index in [1.54, 1.807) is 12.1 Å². The summed E-state index contributed by atoms with van der Waals surface area (Å²) in [7, 11) is 3.64. The van der Waals surface area contributed by atoms with E-state index in [1.807, 2.05) is 19.0 Å². The molecule has 0 aromatic heterocycles. The molecule has 7 heteroatoms. The van der Waals surface area contributed by atoms with Crippen molar-refractivity contribution in [3.63, 3.8) is 0 Å². The van der Waals surface area contributed by atoms with Crippen LogP contribution in [0.5, 0.6) is 5.75 Å². The highest BCUT2D eigenvalue weighted by atomic mass is 19.3. The van der Waals surface area contributed by atoms with Gasteiger partial charge in [-0.1, -0.05) is 18.2 Å². The minimum absolute atomic E-state index is 0.0862. The highest BCUT2D eigenvalue weighted by Crippen LogP contribution is 2.19. The summed E-state index contributed by atoms with van der Waals surface area (Å²) in [6, 6.07) is 11.5. The van der Waals surface area contributed by atoms with Crippen LogP contribution in [0.2, 0.25) is 0 Å². The van der Waals surface area contributed by atoms with E-state index < -0.39 is 12.5 Å². The largest absolute Gasteiger partial charge is 0.435 e. The van der Waals surface area contributed by atoms with Gasteiger partial charge in [0.05, 0.1) is 6.04 Å². The number of alkyl halides is 2. The molecule has 0 heterocycles. The molecule has 0 aliphatic carbocycles. The fourth-order valence-electron chi connectivity index (χ4n) is 2.42. The number of carbonyl (C=O) groups excluding carboxylic acids is 1. The van der Waals surface area contributed by atoms with Gasteiger partial charge < -0.3 is 15.0 Å². The molecule has 1 unspecified atom stereocenters. The molecule has 0 fully saturated rings. The van der Waals surface area contributed by atoms with Crippen LogP contribution >= 0.6 is 0 Å². The lowest BCUT2D eigenvalue weighted by Crippen LogP contribution is -2.34. The summed E-state index contributed by atoms with van der Waals surface area (Å²) in [5, 5.41) is 2.73. The van der Waals surface area contributed by atoms with Crippen LogP contribution in [0.4, 0.5) is 13.2 Å². The molecule has 2 aromatic rings. The predicted molar refractivity (Wildman–Crippen MR) is 88.2 cm³/mol. The van der Waals surface area contributed by atoms with Gasteiger partial charge >= 0.3 is 6.61 Å². The molecule has 4 nitrogen and oxygen atoms in total. The lowest BCUT2D eigenvalue weighted by molar-refractivity contribution is -0.0498. The Hall–Kier alpha value is -2.54. The Kier molecular flexibility index (Phi) is 6.41. The third-order valence-corrected chi connectivity index (χ3v) is 3.63. The molecule has 25 heavy (non-hydrogen) atoms. The van der Waals surface area contributed by atoms with E-state index in [1.165, 1.54) is 36.4 Å². The monoisotopic (exact) mass is 352 g/mol. The molecule has 0 saturated carbocycles. The smallest absolute Gasteiger partial charge is 0.387 e. The molecule has 0 aliphatic heterocycles. The van der Waals surface area contributed by atoms with Crippen LogP contribution in [0.3, 0.4) is 0 Å². The molecule has 0 aliphatic rings. The molecule has 134 valence electrons. The van der Waals surface area contributed by atoms with Gasteiger partial charge in [0.15, 0.2) is 0 Å². The number of rotatable bonds is 7. The summed E-state index contributed by atoms with van der Waals surface area (Å²) in [6.45, 7) is -2.72. The highest BCUT2D eigenvalue weighted by Gasteiger charge is 2.17. The minimum atomic E-state index is -2.95. The average molecular weight is 352 g/mol. The zero-order valence-corrected chi connectivity index (χ0v) is 13.9. The van der Waals surface area contributed by atoms with E-state index >= 15 is 0 Å². The Balaban J connectivity index is 2.06. The zero-order valence-electron chi connectivity index (χ0n) is 13.9. The van der Waals surface area contributed by atoms with Crippen LogP contribution in [-0.2, 0) is 0 Å². The summed E-state index contributed by atoms with van der Waals surface area (Å²) in [5.41, 5.74) is 0.926. The van der Waals surface area contributed by atoms with Crippen molar-refractivity contribution in [2.24, 2.45) is 0 Å². The number of likely N-dealkylation sites (N-methyl/N-ethyl adjacent to an activating group) is 1. The van der Waals surface area contributed by atoms with Crippen molar-refractivity contribution in [2.75, 3.05) is 20.6 Å². The number of hydrogen-bond donors (Lipinski definition) is 1. The SMILES string of the molecule is CN(C)C(CNC(=O)c1cccc(OC(F)F)c1)c1cccc(F)c1. The normalized spacial score (nSPS) is 12.3. The molecule has 1 amide bonds. The van der Waals surface area contributed by atoms with E-state index in [2.05, 4.69) is 10.1 Å².